The van der Waals surface area contributed by atoms with Gasteiger partial charge in [-0.25, -0.2) is 9.38 Å². The Labute approximate surface area is 173 Å². The number of hydrogen-bond acceptors (Lipinski definition) is 6. The predicted octanol–water partition coefficient (Wildman–Crippen LogP) is 3.76. The van der Waals surface area contributed by atoms with Crippen LogP contribution in [0.3, 0.4) is 0 Å². The number of anilines is 2. The van der Waals surface area contributed by atoms with Crippen molar-refractivity contribution in [3.63, 3.8) is 0 Å². The Morgan fingerprint density at radius 2 is 2.14 bits per heavy atom. The average Bonchev–Trinajstić information content (AvgIpc) is 2.70. The van der Waals surface area contributed by atoms with Crippen LogP contribution in [0.15, 0.2) is 35.3 Å². The van der Waals surface area contributed by atoms with Crippen LogP contribution in [0.5, 0.6) is 11.5 Å². The number of primary amides is 1. The summed E-state index contributed by atoms with van der Waals surface area (Å²) in [6.07, 6.45) is 1.71. The van der Waals surface area contributed by atoms with E-state index < -0.39 is 5.82 Å². The molecule has 0 unspecified atom stereocenters. The van der Waals surface area contributed by atoms with Crippen LogP contribution in [0.25, 0.3) is 0 Å². The lowest BCUT2D eigenvalue weighted by molar-refractivity contribution is -0.118. The average molecular weight is 421 g/mol. The van der Waals surface area contributed by atoms with E-state index in [0.29, 0.717) is 55.6 Å². The lowest BCUT2D eigenvalue weighted by atomic mass is 10.1. The van der Waals surface area contributed by atoms with Gasteiger partial charge in [0.05, 0.1) is 24.4 Å². The fourth-order valence-corrected chi connectivity index (χ4v) is 3.04. The lowest BCUT2D eigenvalue weighted by Gasteiger charge is -2.22. The highest BCUT2D eigenvalue weighted by Crippen LogP contribution is 2.35. The molecule has 0 bridgehead atoms. The number of carbonyl (C=O) groups excluding carboxylic acids is 1. The Morgan fingerprint density at radius 1 is 1.31 bits per heavy atom. The van der Waals surface area contributed by atoms with Gasteiger partial charge in [0.25, 0.3) is 0 Å². The van der Waals surface area contributed by atoms with Crippen LogP contribution in [0.2, 0.25) is 5.02 Å². The summed E-state index contributed by atoms with van der Waals surface area (Å²) in [7, 11) is 1.56. The predicted molar refractivity (Wildman–Crippen MR) is 112 cm³/mol. The van der Waals surface area contributed by atoms with E-state index in [-0.39, 0.29) is 10.9 Å². The number of benzene rings is 2. The maximum Gasteiger partial charge on any atom is 0.217 e. The number of nitrogens with two attached hydrogens (primary N) is 1. The topological polar surface area (TPSA) is 98.0 Å². The summed E-state index contributed by atoms with van der Waals surface area (Å²) in [5.74, 6) is 0.942. The summed E-state index contributed by atoms with van der Waals surface area (Å²) >= 11 is 5.86. The molecule has 2 aromatic rings. The van der Waals surface area contributed by atoms with Gasteiger partial charge in [-0.1, -0.05) is 11.6 Å². The molecule has 29 heavy (non-hydrogen) atoms. The van der Waals surface area contributed by atoms with Gasteiger partial charge in [-0.2, -0.15) is 0 Å². The van der Waals surface area contributed by atoms with E-state index in [0.717, 1.165) is 11.3 Å². The molecular formula is C20H22ClFN4O3. The fourth-order valence-electron chi connectivity index (χ4n) is 2.86. The number of amidine groups is 1. The second-order valence-corrected chi connectivity index (χ2v) is 6.82. The summed E-state index contributed by atoms with van der Waals surface area (Å²) in [5, 5.41) is 6.39. The van der Waals surface area contributed by atoms with Crippen molar-refractivity contribution in [1.82, 2.24) is 0 Å². The number of hydrogen-bond donors (Lipinski definition) is 3. The van der Waals surface area contributed by atoms with Gasteiger partial charge in [0.15, 0.2) is 11.5 Å². The number of halogens is 2. The maximum absolute atomic E-state index is 13.4. The SMILES string of the molecule is COc1cc2c(cc1OCCCCC(N)=O)NCN=C2Nc1ccc(F)c(Cl)c1. The molecule has 154 valence electrons. The number of rotatable bonds is 8. The number of amides is 1. The van der Waals surface area contributed by atoms with Crippen molar-refractivity contribution in [2.45, 2.75) is 19.3 Å². The van der Waals surface area contributed by atoms with E-state index in [4.69, 9.17) is 26.8 Å². The van der Waals surface area contributed by atoms with Crippen LogP contribution in [-0.4, -0.2) is 32.1 Å². The highest BCUT2D eigenvalue weighted by molar-refractivity contribution is 6.31. The Hall–Kier alpha value is -3.00. The lowest BCUT2D eigenvalue weighted by Crippen LogP contribution is -2.22. The second-order valence-electron chi connectivity index (χ2n) is 6.42. The van der Waals surface area contributed by atoms with Crippen LogP contribution in [0.1, 0.15) is 24.8 Å². The fraction of sp³-hybridized carbons (Fsp3) is 0.300. The van der Waals surface area contributed by atoms with E-state index >= 15 is 0 Å². The summed E-state index contributed by atoms with van der Waals surface area (Å²) in [6, 6.07) is 8.05. The van der Waals surface area contributed by atoms with Crippen LogP contribution in [-0.2, 0) is 4.79 Å². The number of ether oxygens (including phenoxy) is 2. The van der Waals surface area contributed by atoms with Crippen LogP contribution >= 0.6 is 11.6 Å². The van der Waals surface area contributed by atoms with Gasteiger partial charge < -0.3 is 25.8 Å². The van der Waals surface area contributed by atoms with Gasteiger partial charge in [0, 0.05) is 23.7 Å². The zero-order chi connectivity index (χ0) is 20.8. The molecule has 1 aliphatic heterocycles. The van der Waals surface area contributed by atoms with E-state index in [1.54, 1.807) is 13.2 Å². The second kappa shape index (κ2) is 9.47. The molecule has 0 aromatic heterocycles. The molecule has 4 N–H and O–H groups in total. The highest BCUT2D eigenvalue weighted by Gasteiger charge is 2.19. The Bertz CT molecular complexity index is 936. The Kier molecular flexibility index (Phi) is 6.77. The highest BCUT2D eigenvalue weighted by atomic mass is 35.5. The Balaban J connectivity index is 1.75. The van der Waals surface area contributed by atoms with Crippen molar-refractivity contribution in [3.05, 3.63) is 46.7 Å². The standard InChI is InChI=1S/C20H22ClFN4O3/c1-28-17-9-13-16(10-18(17)29-7-3-2-4-19(23)27)24-11-25-20(13)26-12-5-6-15(22)14(21)8-12/h5-6,8-10,24H,2-4,7,11H2,1H3,(H2,23,27)(H,25,26). The van der Waals surface area contributed by atoms with Crippen molar-refractivity contribution in [1.29, 1.82) is 0 Å². The molecule has 0 radical (unpaired) electrons. The number of nitrogens with zero attached hydrogens (tertiary/aromatic N) is 1. The smallest absolute Gasteiger partial charge is 0.217 e. The first-order valence-corrected chi connectivity index (χ1v) is 9.49. The zero-order valence-corrected chi connectivity index (χ0v) is 16.7. The summed E-state index contributed by atoms with van der Waals surface area (Å²) in [6.45, 7) is 0.810. The number of fused-ring (bicyclic) bond motifs is 1. The van der Waals surface area contributed by atoms with Crippen molar-refractivity contribution >= 4 is 34.7 Å². The summed E-state index contributed by atoms with van der Waals surface area (Å²) in [4.78, 5) is 15.2. The third-order valence-electron chi connectivity index (χ3n) is 4.32. The molecule has 0 spiro atoms. The molecule has 0 atom stereocenters. The van der Waals surface area contributed by atoms with Gasteiger partial charge in [-0.05, 0) is 37.1 Å². The summed E-state index contributed by atoms with van der Waals surface area (Å²) < 4.78 is 24.7. The largest absolute Gasteiger partial charge is 0.493 e. The molecule has 1 amide bonds. The first-order valence-electron chi connectivity index (χ1n) is 9.12. The molecule has 0 saturated carbocycles. The minimum absolute atomic E-state index is 0.0300. The van der Waals surface area contributed by atoms with Gasteiger partial charge in [-0.3, -0.25) is 4.79 Å². The number of carbonyl (C=O) groups is 1. The van der Waals surface area contributed by atoms with Gasteiger partial charge in [0.1, 0.15) is 18.3 Å². The molecular weight excluding hydrogens is 399 g/mol. The minimum Gasteiger partial charge on any atom is -0.493 e. The van der Waals surface area contributed by atoms with Gasteiger partial charge >= 0.3 is 0 Å². The molecule has 3 rings (SSSR count). The Morgan fingerprint density at radius 3 is 2.86 bits per heavy atom. The number of nitrogens with one attached hydrogen (secondary N) is 2. The molecule has 0 fully saturated rings. The number of methoxy groups -OCH3 is 1. The molecule has 7 nitrogen and oxygen atoms in total. The third kappa shape index (κ3) is 5.29. The third-order valence-corrected chi connectivity index (χ3v) is 4.61. The normalized spacial score (nSPS) is 12.4. The van der Waals surface area contributed by atoms with E-state index in [9.17, 15) is 9.18 Å². The maximum atomic E-state index is 13.4. The minimum atomic E-state index is -0.482. The first-order chi connectivity index (χ1) is 14.0. The van der Waals surface area contributed by atoms with Crippen molar-refractivity contribution < 1.29 is 18.7 Å². The zero-order valence-electron chi connectivity index (χ0n) is 15.9. The molecule has 1 heterocycles. The van der Waals surface area contributed by atoms with Crippen LogP contribution < -0.4 is 25.8 Å². The first kappa shape index (κ1) is 20.7. The van der Waals surface area contributed by atoms with Crippen molar-refractivity contribution in [3.8, 4) is 11.5 Å². The number of aliphatic imine (C=N–C) groups is 1. The monoisotopic (exact) mass is 420 g/mol. The quantitative estimate of drug-likeness (QED) is 0.565. The molecule has 2 aromatic carbocycles. The van der Waals surface area contributed by atoms with Crippen LogP contribution in [0.4, 0.5) is 15.8 Å². The molecule has 0 saturated heterocycles. The van der Waals surface area contributed by atoms with Gasteiger partial charge in [-0.15, -0.1) is 0 Å². The molecule has 1 aliphatic rings. The van der Waals surface area contributed by atoms with E-state index in [2.05, 4.69) is 15.6 Å². The summed E-state index contributed by atoms with van der Waals surface area (Å²) in [5.41, 5.74) is 7.37. The van der Waals surface area contributed by atoms with Crippen molar-refractivity contribution in [2.75, 3.05) is 31.0 Å². The van der Waals surface area contributed by atoms with Gasteiger partial charge in [0.2, 0.25) is 5.91 Å². The van der Waals surface area contributed by atoms with Crippen LogP contribution in [0, 0.1) is 5.82 Å². The van der Waals surface area contributed by atoms with E-state index in [1.165, 1.54) is 12.1 Å². The molecule has 0 aliphatic carbocycles. The number of unbranched alkanes of at least 4 members (excludes halogenated alkanes) is 1. The van der Waals surface area contributed by atoms with E-state index in [1.807, 2.05) is 12.1 Å². The molecule has 9 heteroatoms. The van der Waals surface area contributed by atoms with Crippen molar-refractivity contribution in [2.24, 2.45) is 10.7 Å².